The molecule has 1 aromatic carbocycles. The van der Waals surface area contributed by atoms with Gasteiger partial charge in [0.25, 0.3) is 0 Å². The summed E-state index contributed by atoms with van der Waals surface area (Å²) in [6.07, 6.45) is 6.54. The van der Waals surface area contributed by atoms with Gasteiger partial charge in [0.05, 0.1) is 0 Å². The van der Waals surface area contributed by atoms with Gasteiger partial charge in [0.1, 0.15) is 0 Å². The molecule has 134 valence electrons. The average Bonchev–Trinajstić information content (AvgIpc) is 2.57. The molecule has 1 N–H and O–H groups in total. The third-order valence-corrected chi connectivity index (χ3v) is 4.72. The predicted octanol–water partition coefficient (Wildman–Crippen LogP) is 3.73. The normalized spacial score (nSPS) is 16.2. The zero-order valence-electron chi connectivity index (χ0n) is 15.4. The lowest BCUT2D eigenvalue weighted by Crippen LogP contribution is -2.43. The monoisotopic (exact) mass is 331 g/mol. The first-order chi connectivity index (χ1) is 11.7. The molecule has 1 fully saturated rings. The van der Waals surface area contributed by atoms with Crippen LogP contribution < -0.4 is 5.32 Å². The minimum Gasteiger partial charge on any atom is -0.326 e. The van der Waals surface area contributed by atoms with Gasteiger partial charge in [-0.25, -0.2) is 0 Å². The second-order valence-electron chi connectivity index (χ2n) is 6.99. The summed E-state index contributed by atoms with van der Waals surface area (Å²) in [6.45, 7) is 7.68. The van der Waals surface area contributed by atoms with Crippen molar-refractivity contribution in [1.29, 1.82) is 0 Å². The lowest BCUT2D eigenvalue weighted by atomic mass is 10.1. The maximum absolute atomic E-state index is 12.1. The molecular weight excluding hydrogens is 298 g/mol. The molecule has 0 bridgehead atoms. The number of anilines is 1. The smallest absolute Gasteiger partial charge is 0.224 e. The van der Waals surface area contributed by atoms with Gasteiger partial charge >= 0.3 is 0 Å². The van der Waals surface area contributed by atoms with Crippen molar-refractivity contribution in [3.8, 4) is 0 Å². The Morgan fingerprint density at radius 3 is 2.58 bits per heavy atom. The molecule has 1 saturated heterocycles. The van der Waals surface area contributed by atoms with E-state index in [4.69, 9.17) is 0 Å². The molecule has 0 saturated carbocycles. The Bertz CT molecular complexity index is 495. The van der Waals surface area contributed by atoms with Crippen molar-refractivity contribution in [1.82, 2.24) is 9.80 Å². The molecule has 1 aliphatic rings. The number of rotatable bonds is 9. The van der Waals surface area contributed by atoms with E-state index in [9.17, 15) is 4.79 Å². The number of piperazine rings is 1. The predicted molar refractivity (Wildman–Crippen MR) is 101 cm³/mol. The van der Waals surface area contributed by atoms with Crippen LogP contribution in [0.5, 0.6) is 0 Å². The number of carbonyl (C=O) groups excluding carboxylic acids is 1. The van der Waals surface area contributed by atoms with Crippen molar-refractivity contribution < 1.29 is 4.79 Å². The molecule has 1 aliphatic heterocycles. The maximum atomic E-state index is 12.1. The largest absolute Gasteiger partial charge is 0.326 e. The molecule has 2 rings (SSSR count). The lowest BCUT2D eigenvalue weighted by molar-refractivity contribution is -0.116. The van der Waals surface area contributed by atoms with Crippen molar-refractivity contribution in [2.75, 3.05) is 38.5 Å². The Kier molecular flexibility index (Phi) is 8.26. The molecule has 0 spiro atoms. The number of carbonyl (C=O) groups is 1. The Hall–Kier alpha value is -1.39. The molecule has 0 radical (unpaired) electrons. The molecule has 0 atom stereocenters. The van der Waals surface area contributed by atoms with Crippen LogP contribution in [0.15, 0.2) is 24.3 Å². The van der Waals surface area contributed by atoms with Gasteiger partial charge in [-0.05, 0) is 31.2 Å². The van der Waals surface area contributed by atoms with Crippen LogP contribution in [-0.2, 0) is 11.3 Å². The number of hydrogen-bond acceptors (Lipinski definition) is 3. The van der Waals surface area contributed by atoms with Gasteiger partial charge in [0.15, 0.2) is 0 Å². The third kappa shape index (κ3) is 7.02. The Morgan fingerprint density at radius 1 is 1.08 bits per heavy atom. The fourth-order valence-electron chi connectivity index (χ4n) is 3.12. The van der Waals surface area contributed by atoms with Crippen LogP contribution in [0.1, 0.15) is 51.0 Å². The Labute approximate surface area is 147 Å². The topological polar surface area (TPSA) is 35.6 Å². The summed E-state index contributed by atoms with van der Waals surface area (Å²) in [5.74, 6) is 0.142. The van der Waals surface area contributed by atoms with E-state index in [1.807, 2.05) is 12.1 Å². The molecule has 0 aromatic heterocycles. The first-order valence-corrected chi connectivity index (χ1v) is 9.47. The van der Waals surface area contributed by atoms with Crippen molar-refractivity contribution >= 4 is 11.6 Å². The van der Waals surface area contributed by atoms with Crippen molar-refractivity contribution in [3.63, 3.8) is 0 Å². The van der Waals surface area contributed by atoms with Crippen LogP contribution in [0, 0.1) is 0 Å². The highest BCUT2D eigenvalue weighted by Crippen LogP contribution is 2.15. The van der Waals surface area contributed by atoms with Gasteiger partial charge < -0.3 is 10.2 Å². The van der Waals surface area contributed by atoms with E-state index in [-0.39, 0.29) is 5.91 Å². The molecular formula is C20H33N3O. The molecule has 0 aliphatic carbocycles. The van der Waals surface area contributed by atoms with Gasteiger partial charge in [-0.2, -0.15) is 0 Å². The first-order valence-electron chi connectivity index (χ1n) is 9.47. The quantitative estimate of drug-likeness (QED) is 0.700. The lowest BCUT2D eigenvalue weighted by Gasteiger charge is -2.32. The van der Waals surface area contributed by atoms with Crippen molar-refractivity contribution in [2.24, 2.45) is 0 Å². The third-order valence-electron chi connectivity index (χ3n) is 4.72. The van der Waals surface area contributed by atoms with Crippen LogP contribution in [0.2, 0.25) is 0 Å². The van der Waals surface area contributed by atoms with E-state index in [2.05, 4.69) is 41.2 Å². The zero-order chi connectivity index (χ0) is 17.2. The highest BCUT2D eigenvalue weighted by molar-refractivity contribution is 5.90. The van der Waals surface area contributed by atoms with E-state index in [1.165, 1.54) is 24.8 Å². The zero-order valence-corrected chi connectivity index (χ0v) is 15.4. The van der Waals surface area contributed by atoms with Crippen LogP contribution in [0.3, 0.4) is 0 Å². The molecule has 4 heteroatoms. The van der Waals surface area contributed by atoms with E-state index in [1.54, 1.807) is 0 Å². The fourth-order valence-corrected chi connectivity index (χ4v) is 3.12. The molecule has 24 heavy (non-hydrogen) atoms. The van der Waals surface area contributed by atoms with Gasteiger partial charge in [-0.3, -0.25) is 9.69 Å². The van der Waals surface area contributed by atoms with Crippen LogP contribution in [0.25, 0.3) is 0 Å². The fraction of sp³-hybridized carbons (Fsp3) is 0.650. The number of hydrogen-bond donors (Lipinski definition) is 1. The molecule has 1 amide bonds. The molecule has 4 nitrogen and oxygen atoms in total. The summed E-state index contributed by atoms with van der Waals surface area (Å²) in [5.41, 5.74) is 2.21. The highest BCUT2D eigenvalue weighted by atomic mass is 16.1. The van der Waals surface area contributed by atoms with Crippen LogP contribution in [-0.4, -0.2) is 48.9 Å². The first kappa shape index (κ1) is 18.9. The summed E-state index contributed by atoms with van der Waals surface area (Å²) >= 11 is 0. The second kappa shape index (κ2) is 10.5. The second-order valence-corrected chi connectivity index (χ2v) is 6.99. The maximum Gasteiger partial charge on any atom is 0.224 e. The van der Waals surface area contributed by atoms with Crippen molar-refractivity contribution in [3.05, 3.63) is 29.8 Å². The standard InChI is InChI=1S/C20H33N3O/c1-3-4-5-6-7-11-20(24)21-19-10-8-9-18(16-19)17-23-14-12-22(2)13-15-23/h8-10,16H,3-7,11-15,17H2,1-2H3,(H,21,24). The summed E-state index contributed by atoms with van der Waals surface area (Å²) in [7, 11) is 2.18. The minimum atomic E-state index is 0.142. The van der Waals surface area contributed by atoms with E-state index in [0.717, 1.165) is 51.3 Å². The van der Waals surface area contributed by atoms with Gasteiger partial charge in [-0.1, -0.05) is 44.7 Å². The number of likely N-dealkylation sites (N-methyl/N-ethyl adjacent to an activating group) is 1. The summed E-state index contributed by atoms with van der Waals surface area (Å²) in [6, 6.07) is 8.30. The summed E-state index contributed by atoms with van der Waals surface area (Å²) < 4.78 is 0. The van der Waals surface area contributed by atoms with Gasteiger partial charge in [0, 0.05) is 44.8 Å². The molecule has 1 heterocycles. The summed E-state index contributed by atoms with van der Waals surface area (Å²) in [5, 5.41) is 3.05. The highest BCUT2D eigenvalue weighted by Gasteiger charge is 2.14. The van der Waals surface area contributed by atoms with Crippen LogP contribution in [0.4, 0.5) is 5.69 Å². The molecule has 0 unspecified atom stereocenters. The summed E-state index contributed by atoms with van der Waals surface area (Å²) in [4.78, 5) is 16.9. The Morgan fingerprint density at radius 2 is 1.83 bits per heavy atom. The van der Waals surface area contributed by atoms with Gasteiger partial charge in [0.2, 0.25) is 5.91 Å². The number of nitrogens with zero attached hydrogens (tertiary/aromatic N) is 2. The van der Waals surface area contributed by atoms with Crippen molar-refractivity contribution in [2.45, 2.75) is 52.0 Å². The molecule has 1 aromatic rings. The van der Waals surface area contributed by atoms with E-state index < -0.39 is 0 Å². The van der Waals surface area contributed by atoms with Gasteiger partial charge in [-0.15, -0.1) is 0 Å². The number of nitrogens with one attached hydrogen (secondary N) is 1. The number of benzene rings is 1. The number of unbranched alkanes of at least 4 members (excludes halogenated alkanes) is 4. The number of amides is 1. The van der Waals surface area contributed by atoms with E-state index >= 15 is 0 Å². The minimum absolute atomic E-state index is 0.142. The van der Waals surface area contributed by atoms with Crippen LogP contribution >= 0.6 is 0 Å². The SMILES string of the molecule is CCCCCCCC(=O)Nc1cccc(CN2CCN(C)CC2)c1. The van der Waals surface area contributed by atoms with E-state index in [0.29, 0.717) is 6.42 Å². The average molecular weight is 332 g/mol. The Balaban J connectivity index is 1.74.